The van der Waals surface area contributed by atoms with Gasteiger partial charge in [0.1, 0.15) is 0 Å². The number of aliphatic hydroxyl groups is 2. The van der Waals surface area contributed by atoms with Crippen molar-refractivity contribution in [1.82, 2.24) is 0 Å². The van der Waals surface area contributed by atoms with Gasteiger partial charge in [0.15, 0.2) is 0 Å². The third-order valence-electron chi connectivity index (χ3n) is 2.20. The molecule has 0 bridgehead atoms. The first-order chi connectivity index (χ1) is 7.38. The average Bonchev–Trinajstić information content (AvgIpc) is 2.26. The topological polar surface area (TPSA) is 66.5 Å². The fourth-order valence-corrected chi connectivity index (χ4v) is 1.34. The minimum absolute atomic E-state index is 0.323. The van der Waals surface area contributed by atoms with E-state index >= 15 is 0 Å². The standard InChI is InChI=1S/C10H12F3NO2/c11-10(12,13)7-4-2-1-3-6(7)9(16)8(14)5-15/h1-4,8-9,15-16H,5,14H2. The zero-order valence-corrected chi connectivity index (χ0v) is 8.28. The number of alkyl halides is 3. The van der Waals surface area contributed by atoms with Gasteiger partial charge in [0.05, 0.1) is 24.3 Å². The molecule has 0 fully saturated rings. The highest BCUT2D eigenvalue weighted by atomic mass is 19.4. The minimum atomic E-state index is -4.55. The Morgan fingerprint density at radius 1 is 1.25 bits per heavy atom. The van der Waals surface area contributed by atoms with Gasteiger partial charge in [0.2, 0.25) is 0 Å². The van der Waals surface area contributed by atoms with Crippen LogP contribution < -0.4 is 5.73 Å². The molecule has 0 aliphatic rings. The van der Waals surface area contributed by atoms with Crippen LogP contribution in [-0.4, -0.2) is 22.9 Å². The van der Waals surface area contributed by atoms with Crippen molar-refractivity contribution in [3.05, 3.63) is 35.4 Å². The maximum absolute atomic E-state index is 12.6. The van der Waals surface area contributed by atoms with Gasteiger partial charge in [-0.3, -0.25) is 0 Å². The summed E-state index contributed by atoms with van der Waals surface area (Å²) in [6.07, 6.45) is -6.09. The summed E-state index contributed by atoms with van der Waals surface area (Å²) in [4.78, 5) is 0. The predicted octanol–water partition coefficient (Wildman–Crippen LogP) is 1.06. The molecule has 6 heteroatoms. The first kappa shape index (κ1) is 13.0. The number of nitrogens with two attached hydrogens (primary N) is 1. The molecule has 2 unspecified atom stereocenters. The molecule has 90 valence electrons. The fourth-order valence-electron chi connectivity index (χ4n) is 1.34. The van der Waals surface area contributed by atoms with E-state index in [9.17, 15) is 18.3 Å². The van der Waals surface area contributed by atoms with Crippen LogP contribution in [0, 0.1) is 0 Å². The van der Waals surface area contributed by atoms with Crippen molar-refractivity contribution in [3.63, 3.8) is 0 Å². The molecule has 0 heterocycles. The lowest BCUT2D eigenvalue weighted by molar-refractivity contribution is -0.139. The molecule has 0 saturated heterocycles. The molecule has 0 aliphatic carbocycles. The van der Waals surface area contributed by atoms with Crippen LogP contribution in [0.25, 0.3) is 0 Å². The Hall–Kier alpha value is -1.11. The number of benzene rings is 1. The predicted molar refractivity (Wildman–Crippen MR) is 51.5 cm³/mol. The number of hydrogen-bond acceptors (Lipinski definition) is 3. The van der Waals surface area contributed by atoms with Crippen LogP contribution >= 0.6 is 0 Å². The zero-order valence-electron chi connectivity index (χ0n) is 8.28. The Morgan fingerprint density at radius 2 is 1.81 bits per heavy atom. The normalized spacial score (nSPS) is 15.9. The van der Waals surface area contributed by atoms with E-state index in [4.69, 9.17) is 10.8 Å². The minimum Gasteiger partial charge on any atom is -0.395 e. The summed E-state index contributed by atoms with van der Waals surface area (Å²) in [5.41, 5.74) is 4.03. The molecule has 0 spiro atoms. The molecule has 0 aliphatic heterocycles. The largest absolute Gasteiger partial charge is 0.416 e. The summed E-state index contributed by atoms with van der Waals surface area (Å²) < 4.78 is 37.7. The van der Waals surface area contributed by atoms with Gasteiger partial charge in [-0.2, -0.15) is 13.2 Å². The third kappa shape index (κ3) is 2.72. The van der Waals surface area contributed by atoms with E-state index in [0.717, 1.165) is 12.1 Å². The van der Waals surface area contributed by atoms with Gasteiger partial charge < -0.3 is 15.9 Å². The fraction of sp³-hybridized carbons (Fsp3) is 0.400. The van der Waals surface area contributed by atoms with Gasteiger partial charge in [0.25, 0.3) is 0 Å². The van der Waals surface area contributed by atoms with Crippen molar-refractivity contribution >= 4 is 0 Å². The van der Waals surface area contributed by atoms with Gasteiger partial charge in [-0.05, 0) is 11.6 Å². The Bertz CT molecular complexity index is 354. The van der Waals surface area contributed by atoms with Crippen LogP contribution in [0.2, 0.25) is 0 Å². The smallest absolute Gasteiger partial charge is 0.395 e. The van der Waals surface area contributed by atoms with E-state index in [1.807, 2.05) is 0 Å². The molecule has 2 atom stereocenters. The molecular formula is C10H12F3NO2. The molecular weight excluding hydrogens is 223 g/mol. The van der Waals surface area contributed by atoms with E-state index in [-0.39, 0.29) is 5.56 Å². The van der Waals surface area contributed by atoms with Crippen LogP contribution in [0.5, 0.6) is 0 Å². The monoisotopic (exact) mass is 235 g/mol. The molecule has 1 rings (SSSR count). The van der Waals surface area contributed by atoms with E-state index in [1.54, 1.807) is 0 Å². The summed E-state index contributed by atoms with van der Waals surface area (Å²) in [6.45, 7) is -0.590. The lowest BCUT2D eigenvalue weighted by atomic mass is 9.97. The Balaban J connectivity index is 3.13. The number of rotatable bonds is 3. The van der Waals surface area contributed by atoms with Crippen LogP contribution in [0.3, 0.4) is 0 Å². The maximum Gasteiger partial charge on any atom is 0.416 e. The molecule has 0 radical (unpaired) electrons. The third-order valence-corrected chi connectivity index (χ3v) is 2.20. The molecule has 0 amide bonds. The Kier molecular flexibility index (Phi) is 3.90. The summed E-state index contributed by atoms with van der Waals surface area (Å²) in [7, 11) is 0. The van der Waals surface area contributed by atoms with Crippen molar-refractivity contribution in [3.8, 4) is 0 Å². The van der Waals surface area contributed by atoms with E-state index < -0.39 is 30.5 Å². The number of aliphatic hydroxyl groups excluding tert-OH is 2. The van der Waals surface area contributed by atoms with Crippen LogP contribution in [0.1, 0.15) is 17.2 Å². The van der Waals surface area contributed by atoms with Crippen molar-refractivity contribution < 1.29 is 23.4 Å². The summed E-state index contributed by atoms with van der Waals surface area (Å²) in [5.74, 6) is 0. The number of halogens is 3. The molecule has 0 saturated carbocycles. The molecule has 3 nitrogen and oxygen atoms in total. The number of hydrogen-bond donors (Lipinski definition) is 3. The van der Waals surface area contributed by atoms with E-state index in [2.05, 4.69) is 0 Å². The van der Waals surface area contributed by atoms with Crippen molar-refractivity contribution in [2.24, 2.45) is 5.73 Å². The Morgan fingerprint density at radius 3 is 2.31 bits per heavy atom. The van der Waals surface area contributed by atoms with E-state index in [1.165, 1.54) is 12.1 Å². The van der Waals surface area contributed by atoms with Crippen LogP contribution in [-0.2, 0) is 6.18 Å². The van der Waals surface area contributed by atoms with Crippen LogP contribution in [0.15, 0.2) is 24.3 Å². The summed E-state index contributed by atoms with van der Waals surface area (Å²) in [5, 5.41) is 18.2. The van der Waals surface area contributed by atoms with Crippen LogP contribution in [0.4, 0.5) is 13.2 Å². The highest BCUT2D eigenvalue weighted by molar-refractivity contribution is 5.32. The lowest BCUT2D eigenvalue weighted by Gasteiger charge is -2.21. The SMILES string of the molecule is NC(CO)C(O)c1ccccc1C(F)(F)F. The highest BCUT2D eigenvalue weighted by Crippen LogP contribution is 2.34. The van der Waals surface area contributed by atoms with Crippen molar-refractivity contribution in [2.75, 3.05) is 6.61 Å². The molecule has 4 N–H and O–H groups in total. The quantitative estimate of drug-likeness (QED) is 0.733. The van der Waals surface area contributed by atoms with E-state index in [0.29, 0.717) is 0 Å². The lowest BCUT2D eigenvalue weighted by Crippen LogP contribution is -2.33. The van der Waals surface area contributed by atoms with Crippen molar-refractivity contribution in [1.29, 1.82) is 0 Å². The average molecular weight is 235 g/mol. The maximum atomic E-state index is 12.6. The van der Waals surface area contributed by atoms with Gasteiger partial charge >= 0.3 is 6.18 Å². The molecule has 1 aromatic carbocycles. The molecule has 16 heavy (non-hydrogen) atoms. The first-order valence-corrected chi connectivity index (χ1v) is 4.58. The Labute approximate surface area is 90.3 Å². The second-order valence-corrected chi connectivity index (χ2v) is 3.38. The second-order valence-electron chi connectivity index (χ2n) is 3.38. The molecule has 0 aromatic heterocycles. The first-order valence-electron chi connectivity index (χ1n) is 4.58. The zero-order chi connectivity index (χ0) is 12.3. The van der Waals surface area contributed by atoms with Gasteiger partial charge in [-0.25, -0.2) is 0 Å². The summed E-state index contributed by atoms with van der Waals surface area (Å²) >= 11 is 0. The van der Waals surface area contributed by atoms with Crippen molar-refractivity contribution in [2.45, 2.75) is 18.3 Å². The summed E-state index contributed by atoms with van der Waals surface area (Å²) in [6, 6.07) is 3.47. The highest BCUT2D eigenvalue weighted by Gasteiger charge is 2.35. The van der Waals surface area contributed by atoms with Gasteiger partial charge in [-0.1, -0.05) is 18.2 Å². The molecule has 1 aromatic rings. The van der Waals surface area contributed by atoms with Gasteiger partial charge in [0, 0.05) is 0 Å². The second kappa shape index (κ2) is 4.82. The van der Waals surface area contributed by atoms with Gasteiger partial charge in [-0.15, -0.1) is 0 Å².